The molecule has 2 nitrogen and oxygen atoms in total. The van der Waals surface area contributed by atoms with Gasteiger partial charge in [0.05, 0.1) is 25.2 Å². The summed E-state index contributed by atoms with van der Waals surface area (Å²) in [6.45, 7) is 1.55. The summed E-state index contributed by atoms with van der Waals surface area (Å²) in [7, 11) is 4.51. The summed E-state index contributed by atoms with van der Waals surface area (Å²) < 4.78 is 19.6. The van der Waals surface area contributed by atoms with Crippen LogP contribution in [-0.4, -0.2) is 37.8 Å². The fourth-order valence-electron chi connectivity index (χ4n) is 2.77. The summed E-state index contributed by atoms with van der Waals surface area (Å²) in [6, 6.07) is 4.99. The van der Waals surface area contributed by atoms with E-state index in [2.05, 4.69) is 14.1 Å². The molecule has 1 fully saturated rings. The van der Waals surface area contributed by atoms with Crippen LogP contribution in [0.2, 0.25) is 5.02 Å². The van der Waals surface area contributed by atoms with Gasteiger partial charge in [-0.1, -0.05) is 11.6 Å². The highest BCUT2D eigenvalue weighted by atomic mass is 35.5. The molecule has 0 aromatic heterocycles. The number of hydrogen-bond donors (Lipinski definition) is 0. The van der Waals surface area contributed by atoms with Crippen molar-refractivity contribution in [3.8, 4) is 5.75 Å². The van der Waals surface area contributed by atoms with Crippen molar-refractivity contribution >= 4 is 11.6 Å². The van der Waals surface area contributed by atoms with Crippen LogP contribution in [0.15, 0.2) is 18.2 Å². The molecule has 0 radical (unpaired) electrons. The van der Waals surface area contributed by atoms with Crippen LogP contribution in [0.1, 0.15) is 25.7 Å². The lowest BCUT2D eigenvalue weighted by molar-refractivity contribution is -0.914. The van der Waals surface area contributed by atoms with Gasteiger partial charge in [-0.3, -0.25) is 0 Å². The molecule has 0 spiro atoms. The molecule has 0 aliphatic heterocycles. The highest BCUT2D eigenvalue weighted by Gasteiger charge is 2.30. The standard InChI is InChI=1S/C15H22ClFNO/c1-18(2,13-5-3-4-6-13)9-10-19-15-8-7-12(17)11-14(15)16/h7-8,11,13H,3-6,9-10H2,1-2H3/q+1. The lowest BCUT2D eigenvalue weighted by Crippen LogP contribution is -2.49. The number of halogens is 2. The molecule has 1 aliphatic rings. The lowest BCUT2D eigenvalue weighted by Gasteiger charge is -2.36. The number of nitrogens with zero attached hydrogens (tertiary/aromatic N) is 1. The van der Waals surface area contributed by atoms with Crippen molar-refractivity contribution in [3.05, 3.63) is 29.0 Å². The topological polar surface area (TPSA) is 9.23 Å². The van der Waals surface area contributed by atoms with Crippen LogP contribution in [0.3, 0.4) is 0 Å². The zero-order valence-electron chi connectivity index (χ0n) is 11.7. The van der Waals surface area contributed by atoms with Crippen molar-refractivity contribution in [1.82, 2.24) is 0 Å². The van der Waals surface area contributed by atoms with E-state index in [1.807, 2.05) is 0 Å². The summed E-state index contributed by atoms with van der Waals surface area (Å²) in [6.07, 6.45) is 5.31. The molecule has 4 heteroatoms. The maximum atomic E-state index is 12.9. The molecule has 1 aromatic carbocycles. The van der Waals surface area contributed by atoms with Crippen LogP contribution >= 0.6 is 11.6 Å². The van der Waals surface area contributed by atoms with E-state index in [1.54, 1.807) is 6.07 Å². The summed E-state index contributed by atoms with van der Waals surface area (Å²) in [5.41, 5.74) is 0. The molecule has 0 amide bonds. The van der Waals surface area contributed by atoms with E-state index in [0.29, 0.717) is 17.4 Å². The molecule has 0 unspecified atom stereocenters. The molecule has 2 rings (SSSR count). The minimum atomic E-state index is -0.334. The first-order valence-corrected chi connectivity index (χ1v) is 7.27. The zero-order chi connectivity index (χ0) is 13.9. The van der Waals surface area contributed by atoms with Gasteiger partial charge in [-0.25, -0.2) is 4.39 Å². The van der Waals surface area contributed by atoms with Gasteiger partial charge in [0.15, 0.2) is 0 Å². The molecule has 19 heavy (non-hydrogen) atoms. The van der Waals surface area contributed by atoms with Gasteiger partial charge in [0.25, 0.3) is 0 Å². The normalized spacial score (nSPS) is 16.8. The van der Waals surface area contributed by atoms with Gasteiger partial charge in [0, 0.05) is 0 Å². The number of ether oxygens (including phenoxy) is 1. The Bertz CT molecular complexity index is 430. The Morgan fingerprint density at radius 2 is 2.00 bits per heavy atom. The average Bonchev–Trinajstić information content (AvgIpc) is 2.86. The fourth-order valence-corrected chi connectivity index (χ4v) is 2.99. The van der Waals surface area contributed by atoms with Gasteiger partial charge >= 0.3 is 0 Å². The maximum Gasteiger partial charge on any atom is 0.138 e. The average molecular weight is 287 g/mol. The van der Waals surface area contributed by atoms with E-state index < -0.39 is 0 Å². The Hall–Kier alpha value is -0.800. The monoisotopic (exact) mass is 286 g/mol. The smallest absolute Gasteiger partial charge is 0.138 e. The number of hydrogen-bond acceptors (Lipinski definition) is 1. The van der Waals surface area contributed by atoms with Crippen molar-refractivity contribution in [2.75, 3.05) is 27.2 Å². The van der Waals surface area contributed by atoms with Crippen LogP contribution in [0.25, 0.3) is 0 Å². The second kappa shape index (κ2) is 6.10. The summed E-state index contributed by atoms with van der Waals surface area (Å²) >= 11 is 5.94. The molecular formula is C15H22ClFNO+. The number of rotatable bonds is 5. The summed E-state index contributed by atoms with van der Waals surface area (Å²) in [5.74, 6) is 0.230. The SMILES string of the molecule is C[N+](C)(CCOc1ccc(F)cc1Cl)C1CCCC1. The minimum Gasteiger partial charge on any atom is -0.486 e. The van der Waals surface area contributed by atoms with Crippen molar-refractivity contribution in [2.24, 2.45) is 0 Å². The predicted molar refractivity (Wildman–Crippen MR) is 76.1 cm³/mol. The van der Waals surface area contributed by atoms with E-state index in [-0.39, 0.29) is 5.82 Å². The Kier molecular flexibility index (Phi) is 4.69. The Balaban J connectivity index is 1.85. The van der Waals surface area contributed by atoms with E-state index in [9.17, 15) is 4.39 Å². The Morgan fingerprint density at radius 3 is 2.63 bits per heavy atom. The molecule has 0 atom stereocenters. The molecule has 106 valence electrons. The van der Waals surface area contributed by atoms with Gasteiger partial charge in [0.2, 0.25) is 0 Å². The zero-order valence-corrected chi connectivity index (χ0v) is 12.4. The molecular weight excluding hydrogens is 265 g/mol. The molecule has 1 aromatic rings. The first-order valence-electron chi connectivity index (χ1n) is 6.89. The van der Waals surface area contributed by atoms with E-state index in [0.717, 1.165) is 17.1 Å². The third kappa shape index (κ3) is 3.83. The maximum absolute atomic E-state index is 12.9. The van der Waals surface area contributed by atoms with Crippen molar-refractivity contribution in [2.45, 2.75) is 31.7 Å². The van der Waals surface area contributed by atoms with E-state index >= 15 is 0 Å². The van der Waals surface area contributed by atoms with Gasteiger partial charge < -0.3 is 9.22 Å². The summed E-state index contributed by atoms with van der Waals surface area (Å²) in [5, 5.41) is 0.339. The first-order chi connectivity index (χ1) is 8.99. The Labute approximate surface area is 119 Å². The van der Waals surface area contributed by atoms with Crippen LogP contribution in [0, 0.1) is 5.82 Å². The summed E-state index contributed by atoms with van der Waals surface area (Å²) in [4.78, 5) is 0. The van der Waals surface area contributed by atoms with Gasteiger partial charge in [0.1, 0.15) is 24.7 Å². The molecule has 0 N–H and O–H groups in total. The highest BCUT2D eigenvalue weighted by Crippen LogP contribution is 2.27. The highest BCUT2D eigenvalue weighted by molar-refractivity contribution is 6.32. The van der Waals surface area contributed by atoms with Crippen LogP contribution in [-0.2, 0) is 0 Å². The third-order valence-electron chi connectivity index (χ3n) is 4.13. The second-order valence-electron chi connectivity index (χ2n) is 5.86. The number of quaternary nitrogens is 1. The quantitative estimate of drug-likeness (QED) is 0.747. The molecule has 0 saturated heterocycles. The minimum absolute atomic E-state index is 0.334. The second-order valence-corrected chi connectivity index (χ2v) is 6.27. The van der Waals surface area contributed by atoms with Crippen LogP contribution in [0.5, 0.6) is 5.75 Å². The van der Waals surface area contributed by atoms with Crippen LogP contribution in [0.4, 0.5) is 4.39 Å². The predicted octanol–water partition coefficient (Wildman–Crippen LogP) is 3.88. The van der Waals surface area contributed by atoms with Crippen LogP contribution < -0.4 is 4.74 Å². The Morgan fingerprint density at radius 1 is 1.32 bits per heavy atom. The van der Waals surface area contributed by atoms with Gasteiger partial charge in [-0.05, 0) is 43.9 Å². The molecule has 1 aliphatic carbocycles. The number of benzene rings is 1. The van der Waals surface area contributed by atoms with Crippen molar-refractivity contribution in [1.29, 1.82) is 0 Å². The number of likely N-dealkylation sites (N-methyl/N-ethyl adjacent to an activating group) is 1. The van der Waals surface area contributed by atoms with E-state index in [1.165, 1.54) is 37.8 Å². The largest absolute Gasteiger partial charge is 0.486 e. The van der Waals surface area contributed by atoms with Crippen molar-refractivity contribution in [3.63, 3.8) is 0 Å². The van der Waals surface area contributed by atoms with Gasteiger partial charge in [-0.2, -0.15) is 0 Å². The van der Waals surface area contributed by atoms with E-state index in [4.69, 9.17) is 16.3 Å². The fraction of sp³-hybridized carbons (Fsp3) is 0.600. The first kappa shape index (κ1) is 14.6. The molecule has 0 heterocycles. The lowest BCUT2D eigenvalue weighted by atomic mass is 10.2. The molecule has 0 bridgehead atoms. The third-order valence-corrected chi connectivity index (χ3v) is 4.43. The van der Waals surface area contributed by atoms with Crippen molar-refractivity contribution < 1.29 is 13.6 Å². The molecule has 1 saturated carbocycles. The van der Waals surface area contributed by atoms with Gasteiger partial charge in [-0.15, -0.1) is 0 Å².